The molecule has 0 bridgehead atoms. The number of thiazole rings is 1. The predicted molar refractivity (Wildman–Crippen MR) is 127 cm³/mol. The number of amides is 1. The lowest BCUT2D eigenvalue weighted by molar-refractivity contribution is 0.0520. The molecule has 1 atom stereocenters. The van der Waals surface area contributed by atoms with Gasteiger partial charge in [0.2, 0.25) is 0 Å². The van der Waals surface area contributed by atoms with Gasteiger partial charge in [0, 0.05) is 30.4 Å². The number of anilines is 1. The molecule has 1 saturated heterocycles. The number of ether oxygens (including phenoxy) is 1. The van der Waals surface area contributed by atoms with Gasteiger partial charge in [0.25, 0.3) is 0 Å². The normalized spacial score (nSPS) is 20.9. The Morgan fingerprint density at radius 2 is 2.03 bits per heavy atom. The maximum Gasteiger partial charge on any atom is 0.407 e. The minimum Gasteiger partial charge on any atom is -0.444 e. The van der Waals surface area contributed by atoms with Crippen molar-refractivity contribution in [2.24, 2.45) is 5.92 Å². The van der Waals surface area contributed by atoms with Gasteiger partial charge in [-0.15, -0.1) is 11.3 Å². The van der Waals surface area contributed by atoms with Gasteiger partial charge in [0.1, 0.15) is 11.4 Å². The molecule has 4 rings (SSSR count). The van der Waals surface area contributed by atoms with Crippen LogP contribution in [0.3, 0.4) is 0 Å². The second-order valence-corrected chi connectivity index (χ2v) is 11.0. The molecule has 1 amide bonds. The third-order valence-electron chi connectivity index (χ3n) is 6.57. The van der Waals surface area contributed by atoms with Crippen LogP contribution >= 0.6 is 11.3 Å². The molecule has 1 aromatic heterocycles. The van der Waals surface area contributed by atoms with E-state index in [1.165, 1.54) is 6.42 Å². The quantitative estimate of drug-likeness (QED) is 0.606. The number of nitrogens with zero attached hydrogens (tertiary/aromatic N) is 2. The minimum atomic E-state index is -0.490. The molecule has 1 saturated carbocycles. The zero-order valence-electron chi connectivity index (χ0n) is 19.3. The van der Waals surface area contributed by atoms with E-state index in [4.69, 9.17) is 9.72 Å². The number of hydrogen-bond donors (Lipinski definition) is 1. The average molecular weight is 460 g/mol. The molecule has 2 aromatic rings. The first kappa shape index (κ1) is 23.0. The Balaban J connectivity index is 1.44. The number of nitrogens with one attached hydrogen (secondary N) is 1. The van der Waals surface area contributed by atoms with E-state index in [1.54, 1.807) is 23.5 Å². The molecule has 0 spiro atoms. The molecule has 1 aromatic carbocycles. The first-order valence-electron chi connectivity index (χ1n) is 11.7. The van der Waals surface area contributed by atoms with Crippen LogP contribution in [0.25, 0.3) is 0 Å². The van der Waals surface area contributed by atoms with Crippen molar-refractivity contribution < 1.29 is 13.9 Å². The summed E-state index contributed by atoms with van der Waals surface area (Å²) in [6, 6.07) is 7.21. The van der Waals surface area contributed by atoms with Gasteiger partial charge in [-0.3, -0.25) is 0 Å². The van der Waals surface area contributed by atoms with E-state index >= 15 is 0 Å². The van der Waals surface area contributed by atoms with Crippen LogP contribution in [0.4, 0.5) is 14.3 Å². The van der Waals surface area contributed by atoms with Crippen LogP contribution in [0.2, 0.25) is 0 Å². The van der Waals surface area contributed by atoms with E-state index < -0.39 is 5.60 Å². The minimum absolute atomic E-state index is 0.126. The van der Waals surface area contributed by atoms with Crippen molar-refractivity contribution >= 4 is 22.6 Å². The van der Waals surface area contributed by atoms with Crippen LogP contribution in [0.1, 0.15) is 70.6 Å². The number of benzene rings is 1. The van der Waals surface area contributed by atoms with Gasteiger partial charge in [-0.1, -0.05) is 37.5 Å². The van der Waals surface area contributed by atoms with E-state index in [-0.39, 0.29) is 17.3 Å². The molecule has 1 unspecified atom stereocenters. The number of aromatic nitrogens is 1. The molecule has 1 aliphatic carbocycles. The van der Waals surface area contributed by atoms with Crippen molar-refractivity contribution in [3.63, 3.8) is 0 Å². The molecule has 2 fully saturated rings. The van der Waals surface area contributed by atoms with Crippen molar-refractivity contribution in [2.45, 2.75) is 70.3 Å². The maximum atomic E-state index is 14.8. The van der Waals surface area contributed by atoms with Crippen LogP contribution in [-0.2, 0) is 10.2 Å². The average Bonchev–Trinajstić information content (AvgIpc) is 3.42. The fourth-order valence-corrected chi connectivity index (χ4v) is 5.97. The molecule has 2 heterocycles. The van der Waals surface area contributed by atoms with Crippen molar-refractivity contribution in [2.75, 3.05) is 24.5 Å². The Labute approximate surface area is 194 Å². The van der Waals surface area contributed by atoms with Crippen LogP contribution in [0.5, 0.6) is 0 Å². The summed E-state index contributed by atoms with van der Waals surface area (Å²) in [4.78, 5) is 19.3. The van der Waals surface area contributed by atoms with E-state index in [2.05, 4.69) is 15.6 Å². The van der Waals surface area contributed by atoms with Gasteiger partial charge in [-0.2, -0.15) is 0 Å². The van der Waals surface area contributed by atoms with Crippen LogP contribution in [-0.4, -0.2) is 36.3 Å². The lowest BCUT2D eigenvalue weighted by Gasteiger charge is -2.36. The monoisotopic (exact) mass is 459 g/mol. The summed E-state index contributed by atoms with van der Waals surface area (Å²) in [6.45, 7) is 7.97. The van der Waals surface area contributed by atoms with Gasteiger partial charge in [0.05, 0.1) is 5.69 Å². The number of rotatable bonds is 5. The number of halogens is 1. The van der Waals surface area contributed by atoms with Crippen LogP contribution in [0.15, 0.2) is 29.6 Å². The Bertz CT molecular complexity index is 933. The van der Waals surface area contributed by atoms with Gasteiger partial charge in [-0.05, 0) is 57.6 Å². The lowest BCUT2D eigenvalue weighted by Crippen LogP contribution is -2.36. The van der Waals surface area contributed by atoms with Crippen molar-refractivity contribution in [3.05, 3.63) is 46.7 Å². The Morgan fingerprint density at radius 1 is 1.28 bits per heavy atom. The second-order valence-electron chi connectivity index (χ2n) is 10.1. The third kappa shape index (κ3) is 5.08. The summed E-state index contributed by atoms with van der Waals surface area (Å²) >= 11 is 1.65. The largest absolute Gasteiger partial charge is 0.444 e. The summed E-state index contributed by atoms with van der Waals surface area (Å²) in [5.41, 5.74) is 0.988. The first-order chi connectivity index (χ1) is 15.3. The molecule has 0 radical (unpaired) electrons. The van der Waals surface area contributed by atoms with E-state index in [0.717, 1.165) is 61.6 Å². The van der Waals surface area contributed by atoms with E-state index in [9.17, 15) is 9.18 Å². The van der Waals surface area contributed by atoms with Gasteiger partial charge in [0.15, 0.2) is 5.13 Å². The molecule has 32 heavy (non-hydrogen) atoms. The number of hydrogen-bond acceptors (Lipinski definition) is 5. The molecule has 1 aliphatic heterocycles. The van der Waals surface area contributed by atoms with Gasteiger partial charge >= 0.3 is 6.09 Å². The molecule has 1 N–H and O–H groups in total. The SMILES string of the molecule is CC(C)(C)OC(=O)NCC1CCN(c2nc(C3(c4ccccc4F)CCCCC3)cs2)C1. The fraction of sp³-hybridized carbons (Fsp3) is 0.600. The summed E-state index contributed by atoms with van der Waals surface area (Å²) in [5, 5.41) is 6.04. The lowest BCUT2D eigenvalue weighted by atomic mass is 9.67. The predicted octanol–water partition coefficient (Wildman–Crippen LogP) is 5.88. The summed E-state index contributed by atoms with van der Waals surface area (Å²) < 4.78 is 20.2. The summed E-state index contributed by atoms with van der Waals surface area (Å²) in [6.07, 6.45) is 5.93. The number of carbonyl (C=O) groups is 1. The van der Waals surface area contributed by atoms with E-state index in [0.29, 0.717) is 12.5 Å². The van der Waals surface area contributed by atoms with Crippen molar-refractivity contribution in [3.8, 4) is 0 Å². The molecule has 174 valence electrons. The Morgan fingerprint density at radius 3 is 2.75 bits per heavy atom. The van der Waals surface area contributed by atoms with Crippen molar-refractivity contribution in [1.82, 2.24) is 10.3 Å². The summed E-state index contributed by atoms with van der Waals surface area (Å²) in [5.74, 6) is 0.239. The highest BCUT2D eigenvalue weighted by Crippen LogP contribution is 2.46. The maximum absolute atomic E-state index is 14.8. The van der Waals surface area contributed by atoms with Crippen LogP contribution in [0, 0.1) is 11.7 Å². The van der Waals surface area contributed by atoms with Crippen LogP contribution < -0.4 is 10.2 Å². The number of alkyl carbamates (subject to hydrolysis) is 1. The third-order valence-corrected chi connectivity index (χ3v) is 7.47. The second kappa shape index (κ2) is 9.38. The molecular formula is C25H34FN3O2S. The standard InChI is InChI=1S/C25H34FN3O2S/c1-24(2,3)31-23(30)27-15-18-11-14-29(16-18)22-28-21(17-32-22)25(12-7-4-8-13-25)19-9-5-6-10-20(19)26/h5-6,9-10,17-18H,4,7-8,11-16H2,1-3H3,(H,27,30). The van der Waals surface area contributed by atoms with Gasteiger partial charge in [-0.25, -0.2) is 14.2 Å². The Hall–Kier alpha value is -2.15. The first-order valence-corrected chi connectivity index (χ1v) is 12.6. The fourth-order valence-electron chi connectivity index (χ4n) is 5.01. The highest BCUT2D eigenvalue weighted by atomic mass is 32.1. The van der Waals surface area contributed by atoms with Crippen molar-refractivity contribution in [1.29, 1.82) is 0 Å². The van der Waals surface area contributed by atoms with Gasteiger partial charge < -0.3 is 15.0 Å². The van der Waals surface area contributed by atoms with E-state index in [1.807, 2.05) is 32.9 Å². The zero-order valence-corrected chi connectivity index (χ0v) is 20.1. The molecule has 2 aliphatic rings. The highest BCUT2D eigenvalue weighted by molar-refractivity contribution is 7.13. The zero-order chi connectivity index (χ0) is 22.8. The molecule has 7 heteroatoms. The molecular weight excluding hydrogens is 425 g/mol. The smallest absolute Gasteiger partial charge is 0.407 e. The summed E-state index contributed by atoms with van der Waals surface area (Å²) in [7, 11) is 0. The Kier molecular flexibility index (Phi) is 6.75. The number of carbonyl (C=O) groups excluding carboxylic acids is 1. The topological polar surface area (TPSA) is 54.5 Å². The highest BCUT2D eigenvalue weighted by Gasteiger charge is 2.40. The molecule has 5 nitrogen and oxygen atoms in total.